The molecule has 1 saturated heterocycles. The summed E-state index contributed by atoms with van der Waals surface area (Å²) in [6, 6.07) is 8.33. The summed E-state index contributed by atoms with van der Waals surface area (Å²) >= 11 is 1.79. The van der Waals surface area contributed by atoms with Crippen LogP contribution in [0.2, 0.25) is 0 Å². The Kier molecular flexibility index (Phi) is 4.81. The summed E-state index contributed by atoms with van der Waals surface area (Å²) in [4.78, 5) is 3.35. The normalized spacial score (nSPS) is 17.8. The van der Waals surface area contributed by atoms with Crippen LogP contribution >= 0.6 is 11.8 Å². The Morgan fingerprint density at radius 1 is 1.32 bits per heavy atom. The first-order valence-corrected chi connectivity index (χ1v) is 9.95. The molecule has 1 aromatic carbocycles. The van der Waals surface area contributed by atoms with Crippen LogP contribution in [0.4, 0.5) is 0 Å². The minimum absolute atomic E-state index is 0.262. The summed E-state index contributed by atoms with van der Waals surface area (Å²) in [6.45, 7) is 6.15. The lowest BCUT2D eigenvalue weighted by Gasteiger charge is -2.15. The zero-order valence-corrected chi connectivity index (χ0v) is 15.6. The van der Waals surface area contributed by atoms with E-state index in [1.165, 1.54) is 5.39 Å². The Hall–Kier alpha value is -1.79. The van der Waals surface area contributed by atoms with Crippen molar-refractivity contribution in [3.05, 3.63) is 30.5 Å². The molecule has 1 aliphatic rings. The molecule has 3 heterocycles. The Bertz CT molecular complexity index is 848. The van der Waals surface area contributed by atoms with E-state index >= 15 is 0 Å². The molecule has 3 aromatic rings. The molecule has 132 valence electrons. The van der Waals surface area contributed by atoms with Crippen molar-refractivity contribution in [3.63, 3.8) is 0 Å². The number of hydrogen-bond acceptors (Lipinski definition) is 4. The van der Waals surface area contributed by atoms with Crippen LogP contribution in [0.25, 0.3) is 22.3 Å². The number of fused-ring (bicyclic) bond motifs is 1. The number of aromatic nitrogens is 4. The van der Waals surface area contributed by atoms with Gasteiger partial charge in [-0.05, 0) is 24.8 Å². The number of rotatable bonds is 6. The maximum Gasteiger partial charge on any atom is 0.191 e. The zero-order valence-electron chi connectivity index (χ0n) is 14.7. The van der Waals surface area contributed by atoms with Crippen molar-refractivity contribution in [2.75, 3.05) is 12.4 Å². The van der Waals surface area contributed by atoms with Gasteiger partial charge in [0, 0.05) is 35.0 Å². The van der Waals surface area contributed by atoms with E-state index in [9.17, 15) is 0 Å². The number of thioether (sulfide) groups is 1. The smallest absolute Gasteiger partial charge is 0.191 e. The molecule has 0 bridgehead atoms. The third-order valence-electron chi connectivity index (χ3n) is 4.50. The lowest BCUT2D eigenvalue weighted by atomic mass is 10.1. The molecule has 0 unspecified atom stereocenters. The second-order valence-electron chi connectivity index (χ2n) is 7.00. The van der Waals surface area contributed by atoms with E-state index in [0.29, 0.717) is 5.92 Å². The SMILES string of the molecule is CC(C)CSc1nnc(-c2c[nH]c3ccccc23)n1C[C@H]1CCCO1. The fourth-order valence-corrected chi connectivity index (χ4v) is 4.15. The topological polar surface area (TPSA) is 55.7 Å². The van der Waals surface area contributed by atoms with Crippen LogP contribution in [-0.4, -0.2) is 38.2 Å². The van der Waals surface area contributed by atoms with Crippen LogP contribution in [0.1, 0.15) is 26.7 Å². The Balaban J connectivity index is 1.72. The van der Waals surface area contributed by atoms with Gasteiger partial charge in [0.2, 0.25) is 0 Å². The number of benzene rings is 1. The Morgan fingerprint density at radius 2 is 2.20 bits per heavy atom. The molecule has 0 spiro atoms. The third kappa shape index (κ3) is 3.46. The Morgan fingerprint density at radius 3 is 3.00 bits per heavy atom. The van der Waals surface area contributed by atoms with E-state index in [-0.39, 0.29) is 6.10 Å². The number of aromatic amines is 1. The molecule has 0 amide bonds. The highest BCUT2D eigenvalue weighted by atomic mass is 32.2. The van der Waals surface area contributed by atoms with Crippen LogP contribution in [0.5, 0.6) is 0 Å². The van der Waals surface area contributed by atoms with Gasteiger partial charge in [-0.15, -0.1) is 10.2 Å². The van der Waals surface area contributed by atoms with Gasteiger partial charge in [0.25, 0.3) is 0 Å². The van der Waals surface area contributed by atoms with E-state index in [4.69, 9.17) is 4.74 Å². The summed E-state index contributed by atoms with van der Waals surface area (Å²) in [7, 11) is 0. The van der Waals surface area contributed by atoms with Crippen LogP contribution in [0.15, 0.2) is 35.6 Å². The highest BCUT2D eigenvalue weighted by molar-refractivity contribution is 7.99. The quantitative estimate of drug-likeness (QED) is 0.667. The highest BCUT2D eigenvalue weighted by Gasteiger charge is 2.23. The van der Waals surface area contributed by atoms with Crippen LogP contribution in [0, 0.1) is 5.92 Å². The van der Waals surface area contributed by atoms with E-state index in [0.717, 1.165) is 53.8 Å². The van der Waals surface area contributed by atoms with Crippen molar-refractivity contribution in [2.45, 2.75) is 44.5 Å². The monoisotopic (exact) mass is 356 g/mol. The van der Waals surface area contributed by atoms with Crippen LogP contribution in [-0.2, 0) is 11.3 Å². The predicted molar refractivity (Wildman–Crippen MR) is 102 cm³/mol. The molecule has 0 radical (unpaired) electrons. The van der Waals surface area contributed by atoms with E-state index in [2.05, 4.69) is 51.8 Å². The predicted octanol–water partition coefficient (Wildman–Crippen LogP) is 4.35. The van der Waals surface area contributed by atoms with Gasteiger partial charge in [-0.1, -0.05) is 43.8 Å². The van der Waals surface area contributed by atoms with Gasteiger partial charge in [-0.25, -0.2) is 0 Å². The molecular formula is C19H24N4OS. The largest absolute Gasteiger partial charge is 0.376 e. The minimum atomic E-state index is 0.262. The maximum absolute atomic E-state index is 5.87. The first-order chi connectivity index (χ1) is 12.2. The number of H-pyrrole nitrogens is 1. The number of hydrogen-bond donors (Lipinski definition) is 1. The van der Waals surface area contributed by atoms with Crippen molar-refractivity contribution >= 4 is 22.7 Å². The summed E-state index contributed by atoms with van der Waals surface area (Å²) in [5.41, 5.74) is 2.23. The van der Waals surface area contributed by atoms with Crippen molar-refractivity contribution in [3.8, 4) is 11.4 Å². The maximum atomic E-state index is 5.87. The van der Waals surface area contributed by atoms with Gasteiger partial charge in [-0.2, -0.15) is 0 Å². The number of para-hydroxylation sites is 1. The van der Waals surface area contributed by atoms with Crippen molar-refractivity contribution < 1.29 is 4.74 Å². The molecule has 1 aliphatic heterocycles. The van der Waals surface area contributed by atoms with Crippen LogP contribution in [0.3, 0.4) is 0 Å². The first kappa shape index (κ1) is 16.7. The molecule has 4 rings (SSSR count). The molecule has 0 aliphatic carbocycles. The molecule has 0 saturated carbocycles. The summed E-state index contributed by atoms with van der Waals surface area (Å²) < 4.78 is 8.12. The average molecular weight is 356 g/mol. The van der Waals surface area contributed by atoms with Gasteiger partial charge >= 0.3 is 0 Å². The molecular weight excluding hydrogens is 332 g/mol. The molecule has 1 atom stereocenters. The minimum Gasteiger partial charge on any atom is -0.376 e. The van der Waals surface area contributed by atoms with Gasteiger partial charge in [0.15, 0.2) is 11.0 Å². The zero-order chi connectivity index (χ0) is 17.2. The molecule has 2 aromatic heterocycles. The fourth-order valence-electron chi connectivity index (χ4n) is 3.25. The highest BCUT2D eigenvalue weighted by Crippen LogP contribution is 2.31. The van der Waals surface area contributed by atoms with E-state index < -0.39 is 0 Å². The lowest BCUT2D eigenvalue weighted by molar-refractivity contribution is 0.0953. The lowest BCUT2D eigenvalue weighted by Crippen LogP contribution is -2.16. The average Bonchev–Trinajstić information content (AvgIpc) is 3.33. The second-order valence-corrected chi connectivity index (χ2v) is 7.99. The van der Waals surface area contributed by atoms with Crippen molar-refractivity contribution in [1.82, 2.24) is 19.7 Å². The third-order valence-corrected chi connectivity index (χ3v) is 5.90. The fraction of sp³-hybridized carbons (Fsp3) is 0.474. The van der Waals surface area contributed by atoms with Crippen LogP contribution < -0.4 is 0 Å². The van der Waals surface area contributed by atoms with Gasteiger partial charge < -0.3 is 9.72 Å². The van der Waals surface area contributed by atoms with E-state index in [1.54, 1.807) is 11.8 Å². The molecule has 5 nitrogen and oxygen atoms in total. The second kappa shape index (κ2) is 7.22. The summed E-state index contributed by atoms with van der Waals surface area (Å²) in [5, 5.41) is 11.2. The van der Waals surface area contributed by atoms with E-state index in [1.807, 2.05) is 12.3 Å². The molecule has 6 heteroatoms. The summed E-state index contributed by atoms with van der Waals surface area (Å²) in [5.74, 6) is 2.59. The number of nitrogens with zero attached hydrogens (tertiary/aromatic N) is 3. The first-order valence-electron chi connectivity index (χ1n) is 8.96. The van der Waals surface area contributed by atoms with Crippen molar-refractivity contribution in [1.29, 1.82) is 0 Å². The van der Waals surface area contributed by atoms with Gasteiger partial charge in [0.1, 0.15) is 0 Å². The molecule has 1 fully saturated rings. The standard InChI is InChI=1S/C19H24N4OS/c1-13(2)12-25-19-22-21-18(23(19)11-14-6-5-9-24-14)16-10-20-17-8-4-3-7-15(16)17/h3-4,7-8,10,13-14,20H,5-6,9,11-12H2,1-2H3/t14-/m1/s1. The summed E-state index contributed by atoms with van der Waals surface area (Å²) in [6.07, 6.45) is 4.56. The number of nitrogens with one attached hydrogen (secondary N) is 1. The Labute approximate surface area is 152 Å². The number of ether oxygens (including phenoxy) is 1. The van der Waals surface area contributed by atoms with Gasteiger partial charge in [-0.3, -0.25) is 4.57 Å². The van der Waals surface area contributed by atoms with Gasteiger partial charge in [0.05, 0.1) is 12.6 Å². The molecule has 1 N–H and O–H groups in total. The van der Waals surface area contributed by atoms with Crippen molar-refractivity contribution in [2.24, 2.45) is 5.92 Å². The molecule has 25 heavy (non-hydrogen) atoms.